The van der Waals surface area contributed by atoms with Gasteiger partial charge in [0.2, 0.25) is 6.79 Å². The standard InChI is InChI=1S/C26H23NO7/c1-4-31-18-9-6-16(11-14(18)2)24(28)22-23(20-8-5-15(3)34-20)27(26(30)25(22)29)17-7-10-19-21(12-17)33-13-32-19/h5-12,23,28H,4,13H2,1-3H3/b24-22-. The summed E-state index contributed by atoms with van der Waals surface area (Å²) >= 11 is 0. The van der Waals surface area contributed by atoms with E-state index in [0.29, 0.717) is 46.6 Å². The number of ether oxygens (including phenoxy) is 3. The Hall–Kier alpha value is -4.20. The Morgan fingerprint density at radius 1 is 1.06 bits per heavy atom. The lowest BCUT2D eigenvalue weighted by molar-refractivity contribution is -0.132. The SMILES string of the molecule is CCOc1ccc(/C(O)=C2/C(=O)C(=O)N(c3ccc4c(c3)OCO4)C2c2ccc(C)o2)cc1C. The molecule has 0 spiro atoms. The van der Waals surface area contributed by atoms with Crippen LogP contribution in [0, 0.1) is 13.8 Å². The summed E-state index contributed by atoms with van der Waals surface area (Å²) < 4.78 is 22.2. The van der Waals surface area contributed by atoms with Crippen molar-refractivity contribution in [2.45, 2.75) is 26.8 Å². The van der Waals surface area contributed by atoms with E-state index in [1.54, 1.807) is 55.5 Å². The van der Waals surface area contributed by atoms with Gasteiger partial charge in [-0.1, -0.05) is 0 Å². The summed E-state index contributed by atoms with van der Waals surface area (Å²) in [6.45, 7) is 6.09. The minimum atomic E-state index is -0.957. The summed E-state index contributed by atoms with van der Waals surface area (Å²) in [5.41, 5.74) is 1.56. The number of aryl methyl sites for hydroxylation is 2. The first-order chi connectivity index (χ1) is 16.4. The summed E-state index contributed by atoms with van der Waals surface area (Å²) in [7, 11) is 0. The van der Waals surface area contributed by atoms with Crippen LogP contribution >= 0.6 is 0 Å². The number of nitrogens with zero attached hydrogens (tertiary/aromatic N) is 1. The van der Waals surface area contributed by atoms with Gasteiger partial charge in [0.15, 0.2) is 11.5 Å². The quantitative estimate of drug-likeness (QED) is 0.335. The van der Waals surface area contributed by atoms with Crippen LogP contribution in [0.25, 0.3) is 5.76 Å². The Balaban J connectivity index is 1.66. The number of fused-ring (bicyclic) bond motifs is 1. The van der Waals surface area contributed by atoms with E-state index in [-0.39, 0.29) is 18.1 Å². The Labute approximate surface area is 196 Å². The number of ketones is 1. The maximum absolute atomic E-state index is 13.3. The second-order valence-corrected chi connectivity index (χ2v) is 8.07. The van der Waals surface area contributed by atoms with Gasteiger partial charge in [-0.05, 0) is 68.8 Å². The van der Waals surface area contributed by atoms with Crippen LogP contribution < -0.4 is 19.1 Å². The first-order valence-corrected chi connectivity index (χ1v) is 10.9. The fraction of sp³-hybridized carbons (Fsp3) is 0.231. The molecule has 174 valence electrons. The molecule has 0 aliphatic carbocycles. The lowest BCUT2D eigenvalue weighted by Crippen LogP contribution is -2.29. The largest absolute Gasteiger partial charge is 0.507 e. The molecule has 1 unspecified atom stereocenters. The Bertz CT molecular complexity index is 1340. The normalized spacial score (nSPS) is 18.6. The van der Waals surface area contributed by atoms with E-state index >= 15 is 0 Å². The number of aliphatic hydroxyl groups is 1. The highest BCUT2D eigenvalue weighted by molar-refractivity contribution is 6.51. The first kappa shape index (κ1) is 21.6. The molecule has 2 aliphatic heterocycles. The van der Waals surface area contributed by atoms with Crippen molar-refractivity contribution < 1.29 is 33.3 Å². The van der Waals surface area contributed by atoms with Crippen LogP contribution in [0.4, 0.5) is 5.69 Å². The van der Waals surface area contributed by atoms with Gasteiger partial charge in [0.25, 0.3) is 11.7 Å². The zero-order valence-electron chi connectivity index (χ0n) is 19.0. The van der Waals surface area contributed by atoms with Crippen molar-refractivity contribution in [1.29, 1.82) is 0 Å². The second kappa shape index (κ2) is 8.30. The summed E-state index contributed by atoms with van der Waals surface area (Å²) in [6.07, 6.45) is 0. The number of carbonyl (C=O) groups excluding carboxylic acids is 2. The van der Waals surface area contributed by atoms with Crippen molar-refractivity contribution in [3.05, 3.63) is 76.8 Å². The molecule has 0 bridgehead atoms. The van der Waals surface area contributed by atoms with Gasteiger partial charge in [-0.25, -0.2) is 0 Å². The summed E-state index contributed by atoms with van der Waals surface area (Å²) in [4.78, 5) is 27.8. The van der Waals surface area contributed by atoms with Crippen molar-refractivity contribution in [1.82, 2.24) is 0 Å². The van der Waals surface area contributed by atoms with Crippen LogP contribution in [-0.2, 0) is 9.59 Å². The third kappa shape index (κ3) is 3.48. The van der Waals surface area contributed by atoms with Crippen molar-refractivity contribution in [3.8, 4) is 17.2 Å². The smallest absolute Gasteiger partial charge is 0.300 e. The Kier molecular flexibility index (Phi) is 5.28. The molecule has 3 aromatic rings. The van der Waals surface area contributed by atoms with Crippen LogP contribution in [0.1, 0.15) is 35.6 Å². The van der Waals surface area contributed by atoms with Gasteiger partial charge in [0, 0.05) is 17.3 Å². The average molecular weight is 461 g/mol. The zero-order valence-corrected chi connectivity index (χ0v) is 19.0. The van der Waals surface area contributed by atoms with Crippen LogP contribution in [0.2, 0.25) is 0 Å². The van der Waals surface area contributed by atoms with E-state index in [2.05, 4.69) is 0 Å². The Morgan fingerprint density at radius 3 is 2.56 bits per heavy atom. The highest BCUT2D eigenvalue weighted by Crippen LogP contribution is 2.45. The van der Waals surface area contributed by atoms with Crippen LogP contribution in [0.3, 0.4) is 0 Å². The number of rotatable bonds is 5. The number of hydrogen-bond acceptors (Lipinski definition) is 7. The Morgan fingerprint density at radius 2 is 1.85 bits per heavy atom. The molecule has 2 aromatic carbocycles. The zero-order chi connectivity index (χ0) is 24.0. The molecule has 0 radical (unpaired) electrons. The molecule has 3 heterocycles. The van der Waals surface area contributed by atoms with Gasteiger partial charge in [-0.3, -0.25) is 14.5 Å². The summed E-state index contributed by atoms with van der Waals surface area (Å²) in [6, 6.07) is 12.6. The molecule has 34 heavy (non-hydrogen) atoms. The second-order valence-electron chi connectivity index (χ2n) is 8.07. The predicted molar refractivity (Wildman–Crippen MR) is 123 cm³/mol. The molecule has 5 rings (SSSR count). The molecule has 2 aliphatic rings. The monoisotopic (exact) mass is 461 g/mol. The number of anilines is 1. The lowest BCUT2D eigenvalue weighted by atomic mass is 9.98. The van der Waals surface area contributed by atoms with E-state index in [4.69, 9.17) is 18.6 Å². The highest BCUT2D eigenvalue weighted by Gasteiger charge is 2.48. The number of amides is 1. The molecule has 1 amide bonds. The van der Waals surface area contributed by atoms with E-state index in [1.807, 2.05) is 13.8 Å². The maximum atomic E-state index is 13.3. The van der Waals surface area contributed by atoms with Crippen molar-refractivity contribution >= 4 is 23.1 Å². The molecule has 1 saturated heterocycles. The number of Topliss-reactive ketones (excluding diaryl/α,β-unsaturated/α-hetero) is 1. The molecule has 8 nitrogen and oxygen atoms in total. The third-order valence-electron chi connectivity index (χ3n) is 5.86. The fourth-order valence-electron chi connectivity index (χ4n) is 4.27. The minimum Gasteiger partial charge on any atom is -0.507 e. The van der Waals surface area contributed by atoms with Crippen LogP contribution in [0.5, 0.6) is 17.2 Å². The summed E-state index contributed by atoms with van der Waals surface area (Å²) in [5.74, 6) is 0.806. The molecular weight excluding hydrogens is 438 g/mol. The lowest BCUT2D eigenvalue weighted by Gasteiger charge is -2.23. The van der Waals surface area contributed by atoms with Gasteiger partial charge >= 0.3 is 0 Å². The van der Waals surface area contributed by atoms with Crippen molar-refractivity contribution in [2.24, 2.45) is 0 Å². The maximum Gasteiger partial charge on any atom is 0.300 e. The average Bonchev–Trinajstić information content (AvgIpc) is 3.53. The molecular formula is C26H23NO7. The number of aliphatic hydroxyl groups excluding tert-OH is 1. The van der Waals surface area contributed by atoms with Gasteiger partial charge in [-0.2, -0.15) is 0 Å². The number of carbonyl (C=O) groups is 2. The van der Waals surface area contributed by atoms with Gasteiger partial charge in [-0.15, -0.1) is 0 Å². The van der Waals surface area contributed by atoms with Gasteiger partial charge in [0.05, 0.1) is 12.2 Å². The fourth-order valence-corrected chi connectivity index (χ4v) is 4.27. The van der Waals surface area contributed by atoms with Crippen LogP contribution in [-0.4, -0.2) is 30.2 Å². The number of furan rings is 1. The van der Waals surface area contributed by atoms with Crippen molar-refractivity contribution in [3.63, 3.8) is 0 Å². The minimum absolute atomic E-state index is 0.0550. The van der Waals surface area contributed by atoms with Crippen molar-refractivity contribution in [2.75, 3.05) is 18.3 Å². The van der Waals surface area contributed by atoms with E-state index in [0.717, 1.165) is 5.56 Å². The topological polar surface area (TPSA) is 98.4 Å². The molecule has 8 heteroatoms. The molecule has 1 fully saturated rings. The summed E-state index contributed by atoms with van der Waals surface area (Å²) in [5, 5.41) is 11.3. The van der Waals surface area contributed by atoms with E-state index in [1.165, 1.54) is 4.90 Å². The molecule has 1 aromatic heterocycles. The third-order valence-corrected chi connectivity index (χ3v) is 5.86. The van der Waals surface area contributed by atoms with E-state index < -0.39 is 17.7 Å². The predicted octanol–water partition coefficient (Wildman–Crippen LogP) is 4.65. The molecule has 0 saturated carbocycles. The number of hydrogen-bond donors (Lipinski definition) is 1. The molecule has 1 atom stereocenters. The van der Waals surface area contributed by atoms with E-state index in [9.17, 15) is 14.7 Å². The number of benzene rings is 2. The molecule has 1 N–H and O–H groups in total. The highest BCUT2D eigenvalue weighted by atomic mass is 16.7. The van der Waals surface area contributed by atoms with Crippen LogP contribution in [0.15, 0.2) is 58.5 Å². The van der Waals surface area contributed by atoms with Gasteiger partial charge < -0.3 is 23.7 Å². The van der Waals surface area contributed by atoms with Gasteiger partial charge in [0.1, 0.15) is 29.1 Å². The first-order valence-electron chi connectivity index (χ1n) is 10.9.